The van der Waals surface area contributed by atoms with Crippen molar-refractivity contribution < 1.29 is 19.3 Å². The van der Waals surface area contributed by atoms with Crippen LogP contribution in [0.15, 0.2) is 53.7 Å². The van der Waals surface area contributed by atoms with E-state index >= 15 is 0 Å². The number of Topliss-reactive ketones (excluding diaryl/α,β-unsaturated/α-hetero) is 1. The van der Waals surface area contributed by atoms with Gasteiger partial charge in [0.15, 0.2) is 0 Å². The molecule has 0 radical (unpaired) electrons. The third-order valence-electron chi connectivity index (χ3n) is 5.76. The summed E-state index contributed by atoms with van der Waals surface area (Å²) in [6.45, 7) is 1.99. The average molecular weight is 437 g/mol. The fraction of sp³-hybridized carbons (Fsp3) is 0.400. The summed E-state index contributed by atoms with van der Waals surface area (Å²) in [6.07, 6.45) is 6.81. The number of carbonyl (C=O) groups is 2. The van der Waals surface area contributed by atoms with E-state index in [9.17, 15) is 19.7 Å². The zero-order valence-electron chi connectivity index (χ0n) is 18.3. The molecule has 168 valence electrons. The SMILES string of the molecule is CCCCC(=O)O/N=C(\C(=O)c1ccc(-c2ccc([N+](=O)[O-])cc2)cc1)C1CCCCC1. The summed E-state index contributed by atoms with van der Waals surface area (Å²) in [6, 6.07) is 13.3. The molecule has 0 aliphatic heterocycles. The smallest absolute Gasteiger partial charge is 0.318 e. The van der Waals surface area contributed by atoms with Gasteiger partial charge in [0.05, 0.1) is 4.92 Å². The molecule has 2 aromatic rings. The maximum absolute atomic E-state index is 13.2. The Morgan fingerprint density at radius 2 is 1.59 bits per heavy atom. The number of oxime groups is 1. The lowest BCUT2D eigenvalue weighted by atomic mass is 9.83. The number of non-ortho nitro benzene ring substituents is 1. The van der Waals surface area contributed by atoms with Gasteiger partial charge in [-0.15, -0.1) is 0 Å². The molecule has 1 fully saturated rings. The second-order valence-corrected chi connectivity index (χ2v) is 8.09. The maximum atomic E-state index is 13.2. The highest BCUT2D eigenvalue weighted by molar-refractivity contribution is 6.46. The third kappa shape index (κ3) is 6.09. The molecule has 1 saturated carbocycles. The largest absolute Gasteiger partial charge is 0.335 e. The lowest BCUT2D eigenvalue weighted by Crippen LogP contribution is -2.27. The van der Waals surface area contributed by atoms with Crippen LogP contribution in [0.25, 0.3) is 11.1 Å². The minimum Gasteiger partial charge on any atom is -0.318 e. The van der Waals surface area contributed by atoms with Gasteiger partial charge >= 0.3 is 5.97 Å². The Balaban J connectivity index is 1.78. The average Bonchev–Trinajstić information content (AvgIpc) is 2.83. The van der Waals surface area contributed by atoms with Crippen molar-refractivity contribution in [3.63, 3.8) is 0 Å². The van der Waals surface area contributed by atoms with Crippen LogP contribution in [0.2, 0.25) is 0 Å². The van der Waals surface area contributed by atoms with Crippen molar-refractivity contribution in [3.8, 4) is 11.1 Å². The summed E-state index contributed by atoms with van der Waals surface area (Å²) in [5, 5.41) is 14.9. The Kier molecular flexibility index (Phi) is 8.25. The van der Waals surface area contributed by atoms with Gasteiger partial charge < -0.3 is 4.84 Å². The fourth-order valence-electron chi connectivity index (χ4n) is 3.88. The molecule has 0 N–H and O–H groups in total. The van der Waals surface area contributed by atoms with E-state index in [1.54, 1.807) is 36.4 Å². The van der Waals surface area contributed by atoms with Gasteiger partial charge in [0, 0.05) is 30.0 Å². The molecule has 0 aromatic heterocycles. The van der Waals surface area contributed by atoms with Crippen molar-refractivity contribution >= 4 is 23.2 Å². The topological polar surface area (TPSA) is 98.9 Å². The van der Waals surface area contributed by atoms with Crippen LogP contribution in [0.5, 0.6) is 0 Å². The molecule has 0 atom stereocenters. The molecule has 0 bridgehead atoms. The van der Waals surface area contributed by atoms with Crippen LogP contribution in [-0.4, -0.2) is 22.4 Å². The highest BCUT2D eigenvalue weighted by atomic mass is 16.7. The van der Waals surface area contributed by atoms with Crippen LogP contribution >= 0.6 is 0 Å². The Bertz CT molecular complexity index is 974. The molecule has 0 unspecified atom stereocenters. The second kappa shape index (κ2) is 11.3. The number of nitro benzene ring substituents is 1. The number of rotatable bonds is 9. The van der Waals surface area contributed by atoms with Crippen LogP contribution in [-0.2, 0) is 9.63 Å². The summed E-state index contributed by atoms with van der Waals surface area (Å²) in [5.41, 5.74) is 2.49. The summed E-state index contributed by atoms with van der Waals surface area (Å²) < 4.78 is 0. The molecular formula is C25H28N2O5. The van der Waals surface area contributed by atoms with Crippen molar-refractivity contribution in [2.24, 2.45) is 11.1 Å². The van der Waals surface area contributed by atoms with Gasteiger partial charge in [-0.1, -0.05) is 62.0 Å². The molecule has 0 amide bonds. The van der Waals surface area contributed by atoms with E-state index in [0.717, 1.165) is 56.1 Å². The summed E-state index contributed by atoms with van der Waals surface area (Å²) in [4.78, 5) is 40.7. The second-order valence-electron chi connectivity index (χ2n) is 8.09. The zero-order valence-corrected chi connectivity index (χ0v) is 18.3. The summed E-state index contributed by atoms with van der Waals surface area (Å²) in [5.74, 6) is -0.651. The van der Waals surface area contributed by atoms with E-state index in [1.807, 2.05) is 6.92 Å². The molecule has 0 saturated heterocycles. The minimum atomic E-state index is -0.438. The first kappa shape index (κ1) is 23.3. The van der Waals surface area contributed by atoms with Crippen LogP contribution in [0.4, 0.5) is 5.69 Å². The zero-order chi connectivity index (χ0) is 22.9. The minimum absolute atomic E-state index is 0.00965. The predicted molar refractivity (Wildman–Crippen MR) is 122 cm³/mol. The van der Waals surface area contributed by atoms with Gasteiger partial charge in [0.1, 0.15) is 5.71 Å². The number of hydrogen-bond donors (Lipinski definition) is 0. The number of hydrogen-bond acceptors (Lipinski definition) is 6. The van der Waals surface area contributed by atoms with Crippen molar-refractivity contribution in [2.75, 3.05) is 0 Å². The van der Waals surface area contributed by atoms with Gasteiger partial charge in [0.2, 0.25) is 5.78 Å². The van der Waals surface area contributed by atoms with Crippen LogP contribution in [0, 0.1) is 16.0 Å². The Labute approximate surface area is 187 Å². The van der Waals surface area contributed by atoms with E-state index < -0.39 is 10.9 Å². The predicted octanol–water partition coefficient (Wildman–Crippen LogP) is 6.11. The van der Waals surface area contributed by atoms with E-state index in [-0.39, 0.29) is 23.8 Å². The molecule has 1 aliphatic carbocycles. The lowest BCUT2D eigenvalue weighted by Gasteiger charge is -2.22. The number of nitro groups is 1. The molecule has 0 heterocycles. The number of carbonyl (C=O) groups excluding carboxylic acids is 2. The third-order valence-corrected chi connectivity index (χ3v) is 5.76. The molecule has 1 aliphatic rings. The first-order chi connectivity index (χ1) is 15.5. The molecule has 3 rings (SSSR count). The Morgan fingerprint density at radius 1 is 1.00 bits per heavy atom. The number of unbranched alkanes of at least 4 members (excludes halogenated alkanes) is 1. The van der Waals surface area contributed by atoms with Crippen molar-refractivity contribution in [1.29, 1.82) is 0 Å². The molecule has 2 aromatic carbocycles. The molecule has 7 nitrogen and oxygen atoms in total. The van der Waals surface area contributed by atoms with Gasteiger partial charge in [-0.25, -0.2) is 4.79 Å². The van der Waals surface area contributed by atoms with Crippen molar-refractivity contribution in [2.45, 2.75) is 58.3 Å². The van der Waals surface area contributed by atoms with Gasteiger partial charge in [0.25, 0.3) is 5.69 Å². The standard InChI is InChI=1S/C25H28N2O5/c1-2-3-9-23(28)32-26-24(20-7-5-4-6-8-20)25(29)21-12-10-18(11-13-21)19-14-16-22(17-15-19)27(30)31/h10-17,20H,2-9H2,1H3/b26-24-. The summed E-state index contributed by atoms with van der Waals surface area (Å²) >= 11 is 0. The van der Waals surface area contributed by atoms with E-state index in [0.29, 0.717) is 11.3 Å². The Hall–Kier alpha value is -3.35. The van der Waals surface area contributed by atoms with Gasteiger partial charge in [-0.05, 0) is 42.5 Å². The summed E-state index contributed by atoms with van der Waals surface area (Å²) in [7, 11) is 0. The number of benzene rings is 2. The quantitative estimate of drug-likeness (QED) is 0.155. The molecular weight excluding hydrogens is 408 g/mol. The maximum Gasteiger partial charge on any atom is 0.335 e. The number of ketones is 1. The molecule has 32 heavy (non-hydrogen) atoms. The van der Waals surface area contributed by atoms with E-state index in [1.165, 1.54) is 12.1 Å². The molecule has 0 spiro atoms. The van der Waals surface area contributed by atoms with Crippen molar-refractivity contribution in [1.82, 2.24) is 0 Å². The Morgan fingerprint density at radius 3 is 2.16 bits per heavy atom. The van der Waals surface area contributed by atoms with E-state index in [2.05, 4.69) is 5.16 Å². The molecule has 7 heteroatoms. The van der Waals surface area contributed by atoms with Gasteiger partial charge in [-0.2, -0.15) is 0 Å². The van der Waals surface area contributed by atoms with Crippen LogP contribution < -0.4 is 0 Å². The highest BCUT2D eigenvalue weighted by Crippen LogP contribution is 2.28. The van der Waals surface area contributed by atoms with Crippen molar-refractivity contribution in [3.05, 3.63) is 64.2 Å². The lowest BCUT2D eigenvalue weighted by molar-refractivity contribution is -0.384. The fourth-order valence-corrected chi connectivity index (χ4v) is 3.88. The first-order valence-electron chi connectivity index (χ1n) is 11.2. The van der Waals surface area contributed by atoms with E-state index in [4.69, 9.17) is 4.84 Å². The normalized spacial score (nSPS) is 14.7. The monoisotopic (exact) mass is 436 g/mol. The van der Waals surface area contributed by atoms with Gasteiger partial charge in [-0.3, -0.25) is 14.9 Å². The van der Waals surface area contributed by atoms with Crippen LogP contribution in [0.3, 0.4) is 0 Å². The first-order valence-corrected chi connectivity index (χ1v) is 11.2. The highest BCUT2D eigenvalue weighted by Gasteiger charge is 2.27. The number of nitrogens with zero attached hydrogens (tertiary/aromatic N) is 2. The van der Waals surface area contributed by atoms with Crippen LogP contribution in [0.1, 0.15) is 68.6 Å².